The number of piperidine rings is 1. The smallest absolute Gasteiger partial charge is 0.416 e. The van der Waals surface area contributed by atoms with Gasteiger partial charge in [0, 0.05) is 24.4 Å². The van der Waals surface area contributed by atoms with Crippen molar-refractivity contribution in [3.63, 3.8) is 0 Å². The Balaban J connectivity index is 1.36. The molecule has 1 amide bonds. The van der Waals surface area contributed by atoms with Crippen LogP contribution >= 0.6 is 57.7 Å². The molecule has 21 heteroatoms. The highest BCUT2D eigenvalue weighted by atomic mass is 35.6. The zero-order valence-corrected chi connectivity index (χ0v) is 34.5. The van der Waals surface area contributed by atoms with Crippen LogP contribution in [0.3, 0.4) is 0 Å². The molecular weight excluding hydrogens is 890 g/mol. The molecule has 6 rings (SSSR count). The molecule has 1 saturated heterocycles. The van der Waals surface area contributed by atoms with Gasteiger partial charge in [0.2, 0.25) is 5.13 Å². The molecule has 2 aromatic heterocycles. The fraction of sp³-hybridized carbons (Fsp3) is 0.297. The highest BCUT2D eigenvalue weighted by Gasteiger charge is 2.34. The summed E-state index contributed by atoms with van der Waals surface area (Å²) in [7, 11) is -4.48. The zero-order valence-electron chi connectivity index (χ0n) is 29.8. The summed E-state index contributed by atoms with van der Waals surface area (Å²) < 4.78 is 89.0. The van der Waals surface area contributed by atoms with Gasteiger partial charge in [0.1, 0.15) is 27.7 Å². The number of benzene rings is 3. The average molecular weight is 923 g/mol. The summed E-state index contributed by atoms with van der Waals surface area (Å²) in [4.78, 5) is 17.4. The molecule has 0 aliphatic carbocycles. The maximum Gasteiger partial charge on any atom is 0.416 e. The number of amides is 1. The van der Waals surface area contributed by atoms with Gasteiger partial charge < -0.3 is 20.1 Å². The Morgan fingerprint density at radius 2 is 1.76 bits per heavy atom. The van der Waals surface area contributed by atoms with Crippen molar-refractivity contribution in [2.24, 2.45) is 11.8 Å². The number of aromatic nitrogens is 3. The van der Waals surface area contributed by atoms with Crippen molar-refractivity contribution in [1.29, 1.82) is 0 Å². The third kappa shape index (κ3) is 11.2. The summed E-state index contributed by atoms with van der Waals surface area (Å²) in [5.74, 6) is -1.65. The topological polar surface area (TPSA) is 147 Å². The number of carboxylic acid groups (broad SMARTS) is 1. The lowest BCUT2D eigenvalue weighted by Crippen LogP contribution is -2.41. The molecule has 1 aliphatic rings. The molecule has 0 spiro atoms. The van der Waals surface area contributed by atoms with Crippen LogP contribution in [0, 0.1) is 17.7 Å². The van der Waals surface area contributed by atoms with Gasteiger partial charge in [0.05, 0.1) is 22.8 Å². The van der Waals surface area contributed by atoms with E-state index in [0.717, 1.165) is 61.5 Å². The molecule has 0 radical (unpaired) electrons. The molecular formula is C37H32Cl4F4N6O5S2. The molecule has 1 aliphatic heterocycles. The molecule has 3 heterocycles. The lowest BCUT2D eigenvalue weighted by Gasteiger charge is -2.35. The first-order chi connectivity index (χ1) is 27.4. The quantitative estimate of drug-likeness (QED) is 0.0776. The standard InChI is InChI=1S/C37H32Cl4F4N6O5S2/c38-29-15-33(58(54,55)50-34-49-48-20-57-34)30(42)16-32(29)56-31-5-4-23(22-2-1-3-26(12-22)37(43,44)45)14-28(31)24-8-11-47-27(13-24)19-51(35(52)53)18-25(17-36(39,40)41)21-6-9-46-10-7-21/h1-5,8,11-16,20-21,25,46H,6-7,9-10,17-19H2,(H,49,50)(H,52,53). The van der Waals surface area contributed by atoms with E-state index in [1.165, 1.54) is 40.9 Å². The van der Waals surface area contributed by atoms with Crippen molar-refractivity contribution in [3.05, 3.63) is 101 Å². The molecule has 1 unspecified atom stereocenters. The lowest BCUT2D eigenvalue weighted by molar-refractivity contribution is -0.137. The number of halogens is 8. The SMILES string of the molecule is O=C(O)N(Cc1cc(-c2cc(-c3cccc(C(F)(F)F)c3)ccc2Oc2cc(F)c(S(=O)(=O)Nc3nncs3)cc2Cl)ccn1)CC(CC(Cl)(Cl)Cl)C1CCNCC1. The Kier molecular flexibility index (Phi) is 13.6. The number of alkyl halides is 6. The number of nitrogens with one attached hydrogen (secondary N) is 2. The molecule has 58 heavy (non-hydrogen) atoms. The third-order valence-electron chi connectivity index (χ3n) is 9.33. The van der Waals surface area contributed by atoms with Gasteiger partial charge in [0.25, 0.3) is 10.0 Å². The molecule has 11 nitrogen and oxygen atoms in total. The number of ether oxygens (including phenoxy) is 1. The summed E-state index contributed by atoms with van der Waals surface area (Å²) in [5.41, 5.74) is 1.94. The lowest BCUT2D eigenvalue weighted by atomic mass is 9.82. The van der Waals surface area contributed by atoms with Crippen LogP contribution in [0.2, 0.25) is 5.02 Å². The van der Waals surface area contributed by atoms with E-state index >= 15 is 4.39 Å². The number of hydrogen-bond acceptors (Lipinski definition) is 9. The van der Waals surface area contributed by atoms with E-state index in [9.17, 15) is 31.5 Å². The minimum absolute atomic E-state index is 0.0421. The van der Waals surface area contributed by atoms with Crippen LogP contribution in [-0.2, 0) is 22.7 Å². The Hall–Kier alpha value is -3.97. The molecule has 3 aromatic carbocycles. The van der Waals surface area contributed by atoms with Gasteiger partial charge >= 0.3 is 12.3 Å². The predicted molar refractivity (Wildman–Crippen MR) is 215 cm³/mol. The zero-order chi connectivity index (χ0) is 41.8. The summed E-state index contributed by atoms with van der Waals surface area (Å²) in [6, 6.07) is 14.0. The monoisotopic (exact) mass is 920 g/mol. The second kappa shape index (κ2) is 18.1. The Morgan fingerprint density at radius 1 is 1.02 bits per heavy atom. The molecule has 1 atom stereocenters. The van der Waals surface area contributed by atoms with Gasteiger partial charge in [-0.25, -0.2) is 17.6 Å². The first-order valence-corrected chi connectivity index (χ1v) is 21.2. The average Bonchev–Trinajstić information content (AvgIpc) is 3.67. The van der Waals surface area contributed by atoms with E-state index in [0.29, 0.717) is 16.8 Å². The highest BCUT2D eigenvalue weighted by Crippen LogP contribution is 2.42. The molecule has 3 N–H and O–H groups in total. The number of hydrogen-bond donors (Lipinski definition) is 3. The largest absolute Gasteiger partial charge is 0.465 e. The highest BCUT2D eigenvalue weighted by molar-refractivity contribution is 7.93. The van der Waals surface area contributed by atoms with Crippen molar-refractivity contribution < 1.29 is 40.6 Å². The second-order valence-corrected chi connectivity index (χ2v) is 18.7. The number of rotatable bonds is 13. The number of carbonyl (C=O) groups is 1. The molecule has 308 valence electrons. The number of pyridine rings is 1. The first-order valence-electron chi connectivity index (χ1n) is 17.3. The van der Waals surface area contributed by atoms with Crippen molar-refractivity contribution >= 4 is 79.0 Å². The Morgan fingerprint density at radius 3 is 2.43 bits per heavy atom. The normalized spacial score (nSPS) is 14.6. The minimum Gasteiger partial charge on any atom is -0.465 e. The molecule has 5 aromatic rings. The van der Waals surface area contributed by atoms with E-state index in [2.05, 4.69) is 25.2 Å². The van der Waals surface area contributed by atoms with Gasteiger partial charge in [-0.1, -0.05) is 75.9 Å². The van der Waals surface area contributed by atoms with E-state index < -0.39 is 42.4 Å². The maximum atomic E-state index is 15.5. The van der Waals surface area contributed by atoms with Crippen LogP contribution in [0.4, 0.5) is 27.5 Å². The summed E-state index contributed by atoms with van der Waals surface area (Å²) in [6.45, 7) is 1.35. The van der Waals surface area contributed by atoms with Crippen molar-refractivity contribution in [2.45, 2.75) is 40.7 Å². The molecule has 0 saturated carbocycles. The number of anilines is 1. The van der Waals surface area contributed by atoms with Gasteiger partial charge in [-0.15, -0.1) is 10.2 Å². The minimum atomic E-state index is -4.61. The van der Waals surface area contributed by atoms with Gasteiger partial charge in [-0.2, -0.15) is 13.2 Å². The van der Waals surface area contributed by atoms with E-state index in [4.69, 9.17) is 51.1 Å². The summed E-state index contributed by atoms with van der Waals surface area (Å²) in [6.07, 6.45) is -2.76. The van der Waals surface area contributed by atoms with Crippen LogP contribution < -0.4 is 14.8 Å². The maximum absolute atomic E-state index is 15.5. The Bertz CT molecular complexity index is 2370. The van der Waals surface area contributed by atoms with Gasteiger partial charge in [0.15, 0.2) is 3.79 Å². The molecule has 0 bridgehead atoms. The van der Waals surface area contributed by atoms with Gasteiger partial charge in [-0.3, -0.25) is 9.71 Å². The van der Waals surface area contributed by atoms with E-state index in [1.54, 1.807) is 18.2 Å². The number of nitrogens with zero attached hydrogens (tertiary/aromatic N) is 4. The third-order valence-corrected chi connectivity index (χ3v) is 12.2. The van der Waals surface area contributed by atoms with Crippen molar-refractivity contribution in [2.75, 3.05) is 24.4 Å². The van der Waals surface area contributed by atoms with E-state index in [1.807, 2.05) is 0 Å². The van der Waals surface area contributed by atoms with Crippen molar-refractivity contribution in [1.82, 2.24) is 25.4 Å². The first kappa shape index (κ1) is 43.6. The summed E-state index contributed by atoms with van der Waals surface area (Å²) in [5, 5.41) is 20.3. The predicted octanol–water partition coefficient (Wildman–Crippen LogP) is 10.5. The van der Waals surface area contributed by atoms with Crippen LogP contribution in [-0.4, -0.2) is 63.1 Å². The van der Waals surface area contributed by atoms with Crippen LogP contribution in [0.1, 0.15) is 30.5 Å². The summed E-state index contributed by atoms with van der Waals surface area (Å²) >= 11 is 25.9. The van der Waals surface area contributed by atoms with Crippen LogP contribution in [0.5, 0.6) is 11.5 Å². The molecule has 1 fully saturated rings. The van der Waals surface area contributed by atoms with Crippen LogP contribution in [0.25, 0.3) is 22.3 Å². The van der Waals surface area contributed by atoms with E-state index in [-0.39, 0.29) is 64.1 Å². The van der Waals surface area contributed by atoms with Crippen LogP contribution in [0.15, 0.2) is 83.3 Å². The van der Waals surface area contributed by atoms with Crippen molar-refractivity contribution in [3.8, 4) is 33.8 Å². The fourth-order valence-electron chi connectivity index (χ4n) is 6.61. The number of sulfonamides is 1. The Labute approximate surface area is 354 Å². The van der Waals surface area contributed by atoms with Gasteiger partial charge in [-0.05, 0) is 103 Å². The second-order valence-electron chi connectivity index (χ2n) is 13.3. The fourth-order valence-corrected chi connectivity index (χ4v) is 9.25.